The summed E-state index contributed by atoms with van der Waals surface area (Å²) in [4.78, 5) is 24.6. The van der Waals surface area contributed by atoms with Crippen LogP contribution in [0.5, 0.6) is 11.5 Å². The van der Waals surface area contributed by atoms with E-state index < -0.39 is 0 Å². The standard InChI is InChI=1S/C17H17N3O4S/c1-10(2)19-20-16(22)12-5-8-25-17(12)18-15(21)11-3-4-13-14(9-11)24-7-6-23-13/h3-5,8-9H,6-7H2,1-2H3,(H,18,21)(H,20,22). The Balaban J connectivity index is 1.75. The normalized spacial score (nSPS) is 12.2. The molecule has 8 heteroatoms. The zero-order chi connectivity index (χ0) is 17.8. The Kier molecular flexibility index (Phi) is 4.99. The molecule has 1 aromatic carbocycles. The van der Waals surface area contributed by atoms with Crippen molar-refractivity contribution in [2.45, 2.75) is 13.8 Å². The van der Waals surface area contributed by atoms with E-state index in [1.807, 2.05) is 0 Å². The van der Waals surface area contributed by atoms with Crippen LogP contribution in [0, 0.1) is 0 Å². The highest BCUT2D eigenvalue weighted by atomic mass is 32.1. The first-order chi connectivity index (χ1) is 12.0. The summed E-state index contributed by atoms with van der Waals surface area (Å²) in [6, 6.07) is 6.62. The summed E-state index contributed by atoms with van der Waals surface area (Å²) in [6.07, 6.45) is 0. The number of carbonyl (C=O) groups excluding carboxylic acids is 2. The molecule has 1 aliphatic heterocycles. The van der Waals surface area contributed by atoms with Gasteiger partial charge < -0.3 is 14.8 Å². The van der Waals surface area contributed by atoms with Crippen molar-refractivity contribution in [2.75, 3.05) is 18.5 Å². The molecule has 2 heterocycles. The van der Waals surface area contributed by atoms with Crippen molar-refractivity contribution >= 4 is 33.9 Å². The topological polar surface area (TPSA) is 89.0 Å². The maximum Gasteiger partial charge on any atom is 0.274 e. The second kappa shape index (κ2) is 7.35. The number of anilines is 1. The van der Waals surface area contributed by atoms with Gasteiger partial charge in [0.1, 0.15) is 18.2 Å². The number of hydrogen-bond acceptors (Lipinski definition) is 6. The number of fused-ring (bicyclic) bond motifs is 1. The molecule has 0 atom stereocenters. The first-order valence-electron chi connectivity index (χ1n) is 7.64. The third kappa shape index (κ3) is 3.97. The zero-order valence-electron chi connectivity index (χ0n) is 13.8. The van der Waals surface area contributed by atoms with Crippen LogP contribution < -0.4 is 20.2 Å². The molecule has 0 radical (unpaired) electrons. The van der Waals surface area contributed by atoms with E-state index in [0.717, 1.165) is 5.71 Å². The molecular formula is C17H17N3O4S. The molecule has 0 saturated carbocycles. The van der Waals surface area contributed by atoms with Crippen molar-refractivity contribution in [3.63, 3.8) is 0 Å². The molecule has 0 spiro atoms. The Morgan fingerprint density at radius 3 is 2.60 bits per heavy atom. The maximum atomic E-state index is 12.5. The van der Waals surface area contributed by atoms with Crippen molar-refractivity contribution in [2.24, 2.45) is 5.10 Å². The summed E-state index contributed by atoms with van der Waals surface area (Å²) in [5.41, 5.74) is 3.96. The molecule has 0 unspecified atom stereocenters. The molecule has 1 aromatic heterocycles. The van der Waals surface area contributed by atoms with E-state index in [1.54, 1.807) is 43.5 Å². The molecule has 2 amide bonds. The number of ether oxygens (including phenoxy) is 2. The first kappa shape index (κ1) is 17.0. The van der Waals surface area contributed by atoms with Crippen LogP contribution in [0.3, 0.4) is 0 Å². The van der Waals surface area contributed by atoms with E-state index in [1.165, 1.54) is 11.3 Å². The lowest BCUT2D eigenvalue weighted by Crippen LogP contribution is -2.21. The minimum Gasteiger partial charge on any atom is -0.486 e. The number of carbonyl (C=O) groups is 2. The molecule has 2 N–H and O–H groups in total. The number of benzene rings is 1. The van der Waals surface area contributed by atoms with E-state index >= 15 is 0 Å². The van der Waals surface area contributed by atoms with Crippen LogP contribution in [0.1, 0.15) is 34.6 Å². The van der Waals surface area contributed by atoms with Gasteiger partial charge in [0.05, 0.1) is 5.56 Å². The highest BCUT2D eigenvalue weighted by Crippen LogP contribution is 2.31. The van der Waals surface area contributed by atoms with Gasteiger partial charge in [0.25, 0.3) is 11.8 Å². The minimum atomic E-state index is -0.375. The van der Waals surface area contributed by atoms with Gasteiger partial charge in [0.15, 0.2) is 11.5 Å². The van der Waals surface area contributed by atoms with E-state index in [2.05, 4.69) is 15.8 Å². The second-order valence-corrected chi connectivity index (χ2v) is 6.39. The van der Waals surface area contributed by atoms with Gasteiger partial charge in [-0.1, -0.05) is 0 Å². The van der Waals surface area contributed by atoms with Gasteiger partial charge in [0.2, 0.25) is 0 Å². The number of hydrogen-bond donors (Lipinski definition) is 2. The highest BCUT2D eigenvalue weighted by molar-refractivity contribution is 7.14. The van der Waals surface area contributed by atoms with Gasteiger partial charge in [0, 0.05) is 11.3 Å². The van der Waals surface area contributed by atoms with Gasteiger partial charge >= 0.3 is 0 Å². The summed E-state index contributed by atoms with van der Waals surface area (Å²) in [7, 11) is 0. The molecule has 1 aliphatic rings. The number of rotatable bonds is 4. The number of nitrogens with zero attached hydrogens (tertiary/aromatic N) is 1. The van der Waals surface area contributed by atoms with Crippen LogP contribution >= 0.6 is 11.3 Å². The van der Waals surface area contributed by atoms with Crippen LogP contribution in [0.25, 0.3) is 0 Å². The third-order valence-corrected chi connectivity index (χ3v) is 4.15. The van der Waals surface area contributed by atoms with Crippen molar-refractivity contribution in [3.05, 3.63) is 40.8 Å². The smallest absolute Gasteiger partial charge is 0.274 e. The highest BCUT2D eigenvalue weighted by Gasteiger charge is 2.18. The summed E-state index contributed by atoms with van der Waals surface area (Å²) >= 11 is 1.27. The van der Waals surface area contributed by atoms with E-state index in [0.29, 0.717) is 40.8 Å². The Labute approximate surface area is 148 Å². The SMILES string of the molecule is CC(C)=NNC(=O)c1ccsc1NC(=O)c1ccc2c(c1)OCCO2. The van der Waals surface area contributed by atoms with Gasteiger partial charge in [-0.3, -0.25) is 9.59 Å². The Morgan fingerprint density at radius 1 is 1.08 bits per heavy atom. The summed E-state index contributed by atoms with van der Waals surface area (Å²) in [5.74, 6) is 0.450. The van der Waals surface area contributed by atoms with Gasteiger partial charge in [-0.15, -0.1) is 11.3 Å². The largest absolute Gasteiger partial charge is 0.486 e. The number of thiophene rings is 1. The molecule has 3 rings (SSSR count). The van der Waals surface area contributed by atoms with E-state index in [-0.39, 0.29) is 11.8 Å². The van der Waals surface area contributed by atoms with E-state index in [9.17, 15) is 9.59 Å². The first-order valence-corrected chi connectivity index (χ1v) is 8.52. The lowest BCUT2D eigenvalue weighted by atomic mass is 10.2. The number of hydrazone groups is 1. The van der Waals surface area contributed by atoms with Crippen molar-refractivity contribution in [3.8, 4) is 11.5 Å². The fraction of sp³-hybridized carbons (Fsp3) is 0.235. The van der Waals surface area contributed by atoms with Gasteiger partial charge in [-0.25, -0.2) is 5.43 Å². The third-order valence-electron chi connectivity index (χ3n) is 3.32. The van der Waals surface area contributed by atoms with E-state index in [4.69, 9.17) is 9.47 Å². The fourth-order valence-corrected chi connectivity index (χ4v) is 2.95. The molecule has 25 heavy (non-hydrogen) atoms. The molecular weight excluding hydrogens is 342 g/mol. The molecule has 0 aliphatic carbocycles. The second-order valence-electron chi connectivity index (χ2n) is 5.48. The average molecular weight is 359 g/mol. The zero-order valence-corrected chi connectivity index (χ0v) is 14.6. The summed E-state index contributed by atoms with van der Waals surface area (Å²) in [6.45, 7) is 4.49. The molecule has 0 saturated heterocycles. The Hall–Kier alpha value is -2.87. The van der Waals surface area contributed by atoms with Crippen LogP contribution in [0.15, 0.2) is 34.7 Å². The lowest BCUT2D eigenvalue weighted by Gasteiger charge is -2.18. The molecule has 0 fully saturated rings. The van der Waals surface area contributed by atoms with Crippen LogP contribution in [-0.4, -0.2) is 30.7 Å². The molecule has 7 nitrogen and oxygen atoms in total. The van der Waals surface area contributed by atoms with Gasteiger partial charge in [-0.2, -0.15) is 5.10 Å². The van der Waals surface area contributed by atoms with Crippen LogP contribution in [0.4, 0.5) is 5.00 Å². The average Bonchev–Trinajstić information content (AvgIpc) is 3.07. The van der Waals surface area contributed by atoms with Gasteiger partial charge in [-0.05, 0) is 43.5 Å². The summed E-state index contributed by atoms with van der Waals surface area (Å²) in [5, 5.41) is 8.83. The van der Waals surface area contributed by atoms with Crippen molar-refractivity contribution in [1.82, 2.24) is 5.43 Å². The van der Waals surface area contributed by atoms with Crippen LogP contribution in [0.2, 0.25) is 0 Å². The summed E-state index contributed by atoms with van der Waals surface area (Å²) < 4.78 is 10.9. The molecule has 2 aromatic rings. The lowest BCUT2D eigenvalue weighted by molar-refractivity contribution is 0.0956. The quantitative estimate of drug-likeness (QED) is 0.649. The predicted octanol–water partition coefficient (Wildman–Crippen LogP) is 2.90. The molecule has 0 bridgehead atoms. The Bertz CT molecular complexity index is 840. The Morgan fingerprint density at radius 2 is 1.84 bits per heavy atom. The number of amides is 2. The fourth-order valence-electron chi connectivity index (χ4n) is 2.17. The monoisotopic (exact) mass is 359 g/mol. The number of nitrogens with one attached hydrogen (secondary N) is 2. The van der Waals surface area contributed by atoms with Crippen molar-refractivity contribution in [1.29, 1.82) is 0 Å². The van der Waals surface area contributed by atoms with Crippen LogP contribution in [-0.2, 0) is 0 Å². The molecule has 130 valence electrons. The minimum absolute atomic E-state index is 0.330. The maximum absolute atomic E-state index is 12.5. The predicted molar refractivity (Wildman–Crippen MR) is 96.0 cm³/mol. The van der Waals surface area contributed by atoms with Crippen molar-refractivity contribution < 1.29 is 19.1 Å².